The van der Waals surface area contributed by atoms with Crippen LogP contribution < -0.4 is 4.72 Å². The zero-order valence-corrected chi connectivity index (χ0v) is 13.4. The molecule has 1 heterocycles. The first-order valence-electron chi connectivity index (χ1n) is 5.15. The highest BCUT2D eigenvalue weighted by atomic mass is 79.9. The summed E-state index contributed by atoms with van der Waals surface area (Å²) in [6.07, 6.45) is 0.625. The average molecular weight is 356 g/mol. The van der Waals surface area contributed by atoms with Gasteiger partial charge in [0, 0.05) is 5.54 Å². The molecule has 2 N–H and O–H groups in total. The van der Waals surface area contributed by atoms with Crippen molar-refractivity contribution in [2.75, 3.05) is 0 Å². The number of carbonyl (C=O) groups is 1. The first-order valence-corrected chi connectivity index (χ1v) is 8.25. The summed E-state index contributed by atoms with van der Waals surface area (Å²) in [6.45, 7) is 5.40. The van der Waals surface area contributed by atoms with Gasteiger partial charge in [0.05, 0.1) is 3.79 Å². The lowest BCUT2D eigenvalue weighted by molar-refractivity contribution is 0.0702. The molecule has 102 valence electrons. The lowest BCUT2D eigenvalue weighted by Gasteiger charge is -2.23. The van der Waals surface area contributed by atoms with E-state index >= 15 is 0 Å². The second-order valence-electron chi connectivity index (χ2n) is 4.40. The molecule has 0 aliphatic carbocycles. The Balaban J connectivity index is 3.17. The van der Waals surface area contributed by atoms with Crippen LogP contribution in [0.2, 0.25) is 0 Å². The summed E-state index contributed by atoms with van der Waals surface area (Å²) < 4.78 is 27.1. The van der Waals surface area contributed by atoms with E-state index in [2.05, 4.69) is 20.7 Å². The number of carboxylic acid groups (broad SMARTS) is 1. The molecule has 0 aliphatic rings. The molecule has 0 amide bonds. The van der Waals surface area contributed by atoms with E-state index in [0.717, 1.165) is 17.4 Å². The minimum Gasteiger partial charge on any atom is -0.477 e. The van der Waals surface area contributed by atoms with E-state index in [1.54, 1.807) is 13.8 Å². The van der Waals surface area contributed by atoms with Gasteiger partial charge in [-0.1, -0.05) is 6.92 Å². The molecule has 0 radical (unpaired) electrons. The van der Waals surface area contributed by atoms with Gasteiger partial charge < -0.3 is 5.11 Å². The van der Waals surface area contributed by atoms with Crippen LogP contribution in [-0.4, -0.2) is 25.0 Å². The number of halogens is 1. The Labute approximate surface area is 118 Å². The number of aromatic carboxylic acids is 1. The van der Waals surface area contributed by atoms with Gasteiger partial charge in [0.1, 0.15) is 9.77 Å². The fourth-order valence-corrected chi connectivity index (χ4v) is 5.02. The largest absolute Gasteiger partial charge is 0.477 e. The van der Waals surface area contributed by atoms with E-state index in [9.17, 15) is 13.2 Å². The van der Waals surface area contributed by atoms with Crippen molar-refractivity contribution in [1.29, 1.82) is 0 Å². The van der Waals surface area contributed by atoms with Crippen LogP contribution in [0.4, 0.5) is 0 Å². The van der Waals surface area contributed by atoms with Gasteiger partial charge in [0.2, 0.25) is 10.0 Å². The van der Waals surface area contributed by atoms with Crippen molar-refractivity contribution in [3.05, 3.63) is 14.7 Å². The maximum Gasteiger partial charge on any atom is 0.345 e. The summed E-state index contributed by atoms with van der Waals surface area (Å²) in [5, 5.41) is 8.84. The average Bonchev–Trinajstić information content (AvgIpc) is 2.60. The van der Waals surface area contributed by atoms with Crippen molar-refractivity contribution >= 4 is 43.3 Å². The molecule has 5 nitrogen and oxygen atoms in total. The first-order chi connectivity index (χ1) is 8.09. The second-order valence-corrected chi connectivity index (χ2v) is 8.42. The van der Waals surface area contributed by atoms with Crippen LogP contribution in [0.3, 0.4) is 0 Å². The van der Waals surface area contributed by atoms with Crippen LogP contribution in [0, 0.1) is 0 Å². The Bertz CT molecular complexity index is 562. The van der Waals surface area contributed by atoms with Crippen LogP contribution in [-0.2, 0) is 10.0 Å². The SMILES string of the molecule is CCC(C)(C)NS(=O)(=O)c1cc(C(=O)O)sc1Br. The Hall–Kier alpha value is -0.440. The summed E-state index contributed by atoms with van der Waals surface area (Å²) in [7, 11) is -3.72. The number of carboxylic acids is 1. The van der Waals surface area contributed by atoms with Crippen molar-refractivity contribution < 1.29 is 18.3 Å². The zero-order chi connectivity index (χ0) is 14.1. The summed E-state index contributed by atoms with van der Waals surface area (Å²) >= 11 is 3.97. The minimum atomic E-state index is -3.72. The number of sulfonamides is 1. The van der Waals surface area contributed by atoms with Gasteiger partial charge in [-0.2, -0.15) is 0 Å². The van der Waals surface area contributed by atoms with Crippen LogP contribution in [0.1, 0.15) is 36.9 Å². The Kier molecular flexibility index (Phi) is 4.58. The maximum atomic E-state index is 12.1. The number of nitrogens with one attached hydrogen (secondary N) is 1. The Morgan fingerprint density at radius 2 is 2.11 bits per heavy atom. The van der Waals surface area contributed by atoms with Crippen molar-refractivity contribution in [3.8, 4) is 0 Å². The molecular weight excluding hydrogens is 342 g/mol. The quantitative estimate of drug-likeness (QED) is 0.850. The molecular formula is C10H14BrNO4S2. The van der Waals surface area contributed by atoms with Crippen LogP contribution >= 0.6 is 27.3 Å². The zero-order valence-electron chi connectivity index (χ0n) is 10.2. The van der Waals surface area contributed by atoms with Gasteiger partial charge in [-0.3, -0.25) is 0 Å². The molecule has 18 heavy (non-hydrogen) atoms. The normalized spacial score (nSPS) is 12.7. The van der Waals surface area contributed by atoms with Crippen LogP contribution in [0.25, 0.3) is 0 Å². The minimum absolute atomic E-state index is 0.0171. The number of hydrogen-bond acceptors (Lipinski definition) is 4. The Morgan fingerprint density at radius 3 is 2.50 bits per heavy atom. The fourth-order valence-electron chi connectivity index (χ4n) is 1.13. The second kappa shape index (κ2) is 5.28. The molecule has 1 aromatic rings. The molecule has 1 rings (SSSR count). The van der Waals surface area contributed by atoms with Gasteiger partial charge >= 0.3 is 5.97 Å². The highest BCUT2D eigenvalue weighted by Crippen LogP contribution is 2.32. The molecule has 0 unspecified atom stereocenters. The molecule has 1 aromatic heterocycles. The number of thiophene rings is 1. The maximum absolute atomic E-state index is 12.1. The van der Waals surface area contributed by atoms with E-state index < -0.39 is 21.5 Å². The molecule has 0 atom stereocenters. The number of hydrogen-bond donors (Lipinski definition) is 2. The van der Waals surface area contributed by atoms with Crippen molar-refractivity contribution in [2.45, 2.75) is 37.6 Å². The standard InChI is InChI=1S/C10H14BrNO4S2/c1-4-10(2,3)12-18(15,16)7-5-6(9(13)14)17-8(7)11/h5,12H,4H2,1-3H3,(H,13,14). The third-order valence-corrected chi connectivity index (χ3v) is 6.39. The van der Waals surface area contributed by atoms with Crippen molar-refractivity contribution in [3.63, 3.8) is 0 Å². The summed E-state index contributed by atoms with van der Waals surface area (Å²) in [6, 6.07) is 1.16. The van der Waals surface area contributed by atoms with Gasteiger partial charge in [-0.15, -0.1) is 11.3 Å². The molecule has 0 aromatic carbocycles. The van der Waals surface area contributed by atoms with Crippen LogP contribution in [0.15, 0.2) is 14.7 Å². The first kappa shape index (κ1) is 15.6. The fraction of sp³-hybridized carbons (Fsp3) is 0.500. The third-order valence-electron chi connectivity index (χ3n) is 2.45. The highest BCUT2D eigenvalue weighted by Gasteiger charge is 2.28. The highest BCUT2D eigenvalue weighted by molar-refractivity contribution is 9.11. The van der Waals surface area contributed by atoms with Gasteiger partial charge in [-0.05, 0) is 42.3 Å². The van der Waals surface area contributed by atoms with E-state index in [4.69, 9.17) is 5.11 Å². The molecule has 0 bridgehead atoms. The van der Waals surface area contributed by atoms with Gasteiger partial charge in [0.15, 0.2) is 0 Å². The molecule has 0 spiro atoms. The summed E-state index contributed by atoms with van der Waals surface area (Å²) in [5.74, 6) is -1.14. The number of rotatable bonds is 5. The molecule has 0 saturated carbocycles. The smallest absolute Gasteiger partial charge is 0.345 e. The predicted molar refractivity (Wildman–Crippen MR) is 73.7 cm³/mol. The van der Waals surface area contributed by atoms with Crippen molar-refractivity contribution in [2.24, 2.45) is 0 Å². The molecule has 0 fully saturated rings. The van der Waals surface area contributed by atoms with Gasteiger partial charge in [-0.25, -0.2) is 17.9 Å². The van der Waals surface area contributed by atoms with E-state index in [1.807, 2.05) is 6.92 Å². The molecule has 0 aliphatic heterocycles. The monoisotopic (exact) mass is 355 g/mol. The van der Waals surface area contributed by atoms with E-state index in [1.165, 1.54) is 0 Å². The lowest BCUT2D eigenvalue weighted by Crippen LogP contribution is -2.42. The molecule has 8 heteroatoms. The third kappa shape index (κ3) is 3.53. The van der Waals surface area contributed by atoms with Gasteiger partial charge in [0.25, 0.3) is 0 Å². The molecule has 0 saturated heterocycles. The van der Waals surface area contributed by atoms with Crippen LogP contribution in [0.5, 0.6) is 0 Å². The van der Waals surface area contributed by atoms with E-state index in [-0.39, 0.29) is 9.77 Å². The summed E-state index contributed by atoms with van der Waals surface area (Å²) in [5.41, 5.74) is -0.580. The van der Waals surface area contributed by atoms with E-state index in [0.29, 0.717) is 10.2 Å². The lowest BCUT2D eigenvalue weighted by atomic mass is 10.0. The topological polar surface area (TPSA) is 83.5 Å². The van der Waals surface area contributed by atoms with Crippen molar-refractivity contribution in [1.82, 2.24) is 4.72 Å². The Morgan fingerprint density at radius 1 is 1.56 bits per heavy atom. The summed E-state index contributed by atoms with van der Waals surface area (Å²) in [4.78, 5) is 10.8. The predicted octanol–water partition coefficient (Wildman–Crippen LogP) is 2.68.